The zero-order chi connectivity index (χ0) is 15.1. The van der Waals surface area contributed by atoms with Crippen LogP contribution in [0, 0.1) is 5.41 Å². The van der Waals surface area contributed by atoms with Gasteiger partial charge in [-0.05, 0) is 83.8 Å². The topological polar surface area (TPSA) is 24.5 Å². The molecule has 1 N–H and O–H groups in total. The van der Waals surface area contributed by atoms with E-state index in [1.807, 2.05) is 0 Å². The Bertz CT molecular complexity index is 399. The van der Waals surface area contributed by atoms with Crippen LogP contribution in [-0.4, -0.2) is 36.7 Å². The van der Waals surface area contributed by atoms with Gasteiger partial charge in [0.2, 0.25) is 0 Å². The van der Waals surface area contributed by atoms with Crippen LogP contribution in [0.2, 0.25) is 0 Å². The maximum atomic E-state index is 6.34. The van der Waals surface area contributed by atoms with Crippen molar-refractivity contribution in [1.82, 2.24) is 10.2 Å². The Morgan fingerprint density at radius 1 is 1.19 bits per heavy atom. The molecule has 0 amide bonds. The average molecular weight is 292 g/mol. The SMILES string of the molecule is CNC1CC2(CCN(C(OC(C)(C)C)=C3CCC3)CC2)C1. The Kier molecular flexibility index (Phi) is 3.98. The molecule has 1 heterocycles. The lowest BCUT2D eigenvalue weighted by atomic mass is 9.60. The van der Waals surface area contributed by atoms with Gasteiger partial charge in [-0.2, -0.15) is 0 Å². The molecule has 0 aromatic heterocycles. The van der Waals surface area contributed by atoms with Gasteiger partial charge in [0.25, 0.3) is 0 Å². The fourth-order valence-corrected chi connectivity index (χ4v) is 4.00. The fourth-order valence-electron chi connectivity index (χ4n) is 4.00. The van der Waals surface area contributed by atoms with Gasteiger partial charge < -0.3 is 15.0 Å². The highest BCUT2D eigenvalue weighted by atomic mass is 16.5. The number of likely N-dealkylation sites (tertiary alicyclic amines) is 1. The number of rotatable bonds is 3. The molecule has 21 heavy (non-hydrogen) atoms. The highest BCUT2D eigenvalue weighted by molar-refractivity contribution is 5.16. The van der Waals surface area contributed by atoms with Gasteiger partial charge in [0.15, 0.2) is 5.88 Å². The zero-order valence-electron chi connectivity index (χ0n) is 14.3. The summed E-state index contributed by atoms with van der Waals surface area (Å²) in [5.41, 5.74) is 2.12. The monoisotopic (exact) mass is 292 g/mol. The van der Waals surface area contributed by atoms with Crippen molar-refractivity contribution in [3.8, 4) is 0 Å². The van der Waals surface area contributed by atoms with Crippen molar-refractivity contribution in [3.63, 3.8) is 0 Å². The Labute approximate surface area is 130 Å². The van der Waals surface area contributed by atoms with E-state index in [4.69, 9.17) is 4.74 Å². The van der Waals surface area contributed by atoms with Gasteiger partial charge in [0.05, 0.1) is 0 Å². The maximum Gasteiger partial charge on any atom is 0.188 e. The summed E-state index contributed by atoms with van der Waals surface area (Å²) in [6.45, 7) is 8.88. The third-order valence-electron chi connectivity index (χ3n) is 5.54. The van der Waals surface area contributed by atoms with Crippen LogP contribution >= 0.6 is 0 Å². The van der Waals surface area contributed by atoms with Crippen LogP contribution in [0.1, 0.15) is 65.7 Å². The van der Waals surface area contributed by atoms with Gasteiger partial charge >= 0.3 is 0 Å². The lowest BCUT2D eigenvalue weighted by Crippen LogP contribution is -2.53. The van der Waals surface area contributed by atoms with Crippen LogP contribution in [0.15, 0.2) is 11.5 Å². The van der Waals surface area contributed by atoms with Crippen molar-refractivity contribution < 1.29 is 4.74 Å². The first kappa shape index (κ1) is 15.2. The zero-order valence-corrected chi connectivity index (χ0v) is 14.3. The molecule has 3 aliphatic rings. The molecule has 3 fully saturated rings. The molecule has 2 saturated carbocycles. The first-order valence-corrected chi connectivity index (χ1v) is 8.74. The molecule has 1 saturated heterocycles. The highest BCUT2D eigenvalue weighted by Gasteiger charge is 2.45. The van der Waals surface area contributed by atoms with Crippen molar-refractivity contribution in [2.45, 2.75) is 77.4 Å². The number of allylic oxidation sites excluding steroid dienone is 1. The summed E-state index contributed by atoms with van der Waals surface area (Å²) in [7, 11) is 2.10. The molecule has 0 aromatic rings. The van der Waals surface area contributed by atoms with Crippen LogP contribution in [0.5, 0.6) is 0 Å². The minimum absolute atomic E-state index is 0.0826. The Morgan fingerprint density at radius 2 is 1.81 bits per heavy atom. The molecule has 0 radical (unpaired) electrons. The first-order chi connectivity index (χ1) is 9.91. The summed E-state index contributed by atoms with van der Waals surface area (Å²) in [6.07, 6.45) is 9.27. The van der Waals surface area contributed by atoms with Crippen LogP contribution < -0.4 is 5.32 Å². The Balaban J connectivity index is 1.62. The summed E-state index contributed by atoms with van der Waals surface area (Å²) in [6, 6.07) is 0.770. The molecule has 120 valence electrons. The van der Waals surface area contributed by atoms with E-state index >= 15 is 0 Å². The molecule has 1 spiro atoms. The van der Waals surface area contributed by atoms with Crippen molar-refractivity contribution in [2.75, 3.05) is 20.1 Å². The Morgan fingerprint density at radius 3 is 2.24 bits per heavy atom. The van der Waals surface area contributed by atoms with E-state index in [1.165, 1.54) is 63.9 Å². The maximum absolute atomic E-state index is 6.34. The quantitative estimate of drug-likeness (QED) is 0.803. The predicted molar refractivity (Wildman–Crippen MR) is 87.0 cm³/mol. The van der Waals surface area contributed by atoms with Crippen molar-refractivity contribution >= 4 is 0 Å². The van der Waals surface area contributed by atoms with E-state index in [1.54, 1.807) is 5.57 Å². The molecular weight excluding hydrogens is 260 g/mol. The van der Waals surface area contributed by atoms with Crippen molar-refractivity contribution in [1.29, 1.82) is 0 Å². The summed E-state index contributed by atoms with van der Waals surface area (Å²) in [4.78, 5) is 2.54. The molecular formula is C18H32N2O. The van der Waals surface area contributed by atoms with Crippen molar-refractivity contribution in [3.05, 3.63) is 11.5 Å². The van der Waals surface area contributed by atoms with Crippen LogP contribution in [0.25, 0.3) is 0 Å². The highest BCUT2D eigenvalue weighted by Crippen LogP contribution is 2.50. The number of hydrogen-bond donors (Lipinski definition) is 1. The molecule has 0 unspecified atom stereocenters. The Hall–Kier alpha value is -0.700. The minimum Gasteiger partial charge on any atom is -0.473 e. The molecule has 3 heteroatoms. The van der Waals surface area contributed by atoms with Crippen LogP contribution in [0.3, 0.4) is 0 Å². The van der Waals surface area contributed by atoms with Gasteiger partial charge in [-0.3, -0.25) is 0 Å². The largest absolute Gasteiger partial charge is 0.473 e. The van der Waals surface area contributed by atoms with Gasteiger partial charge in [-0.1, -0.05) is 0 Å². The molecule has 3 rings (SSSR count). The van der Waals surface area contributed by atoms with Crippen molar-refractivity contribution in [2.24, 2.45) is 5.41 Å². The summed E-state index contributed by atoms with van der Waals surface area (Å²) in [5.74, 6) is 1.23. The summed E-state index contributed by atoms with van der Waals surface area (Å²) in [5, 5.41) is 3.43. The summed E-state index contributed by atoms with van der Waals surface area (Å²) < 4.78 is 6.34. The fraction of sp³-hybridized carbons (Fsp3) is 0.889. The molecule has 0 atom stereocenters. The third-order valence-corrected chi connectivity index (χ3v) is 5.54. The second-order valence-corrected chi connectivity index (χ2v) is 8.36. The predicted octanol–water partition coefficient (Wildman–Crippen LogP) is 3.66. The third kappa shape index (κ3) is 3.23. The lowest BCUT2D eigenvalue weighted by molar-refractivity contribution is -0.0405. The second-order valence-electron chi connectivity index (χ2n) is 8.36. The van der Waals surface area contributed by atoms with Gasteiger partial charge in [-0.25, -0.2) is 0 Å². The van der Waals surface area contributed by atoms with E-state index in [2.05, 4.69) is 38.0 Å². The van der Waals surface area contributed by atoms with Gasteiger partial charge in [0.1, 0.15) is 5.60 Å². The van der Waals surface area contributed by atoms with Gasteiger partial charge in [-0.15, -0.1) is 0 Å². The lowest BCUT2D eigenvalue weighted by Gasteiger charge is -2.53. The average Bonchev–Trinajstić information content (AvgIpc) is 2.31. The molecule has 0 aromatic carbocycles. The minimum atomic E-state index is -0.0826. The van der Waals surface area contributed by atoms with E-state index in [0.717, 1.165) is 6.04 Å². The number of nitrogens with zero attached hydrogens (tertiary/aromatic N) is 1. The van der Waals surface area contributed by atoms with E-state index in [9.17, 15) is 0 Å². The summed E-state index contributed by atoms with van der Waals surface area (Å²) >= 11 is 0. The number of ether oxygens (including phenoxy) is 1. The molecule has 0 bridgehead atoms. The number of hydrogen-bond acceptors (Lipinski definition) is 3. The van der Waals surface area contributed by atoms with Crippen LogP contribution in [0.4, 0.5) is 0 Å². The molecule has 1 aliphatic heterocycles. The smallest absolute Gasteiger partial charge is 0.188 e. The van der Waals surface area contributed by atoms with E-state index in [-0.39, 0.29) is 5.60 Å². The molecule has 2 aliphatic carbocycles. The first-order valence-electron chi connectivity index (χ1n) is 8.74. The van der Waals surface area contributed by atoms with E-state index in [0.29, 0.717) is 5.41 Å². The standard InChI is InChI=1S/C18H32N2O/c1-17(2,3)21-16(14-6-5-7-14)20-10-8-18(9-11-20)12-15(13-18)19-4/h15,19H,5-13H2,1-4H3. The molecule has 3 nitrogen and oxygen atoms in total. The number of nitrogens with one attached hydrogen (secondary N) is 1. The second kappa shape index (κ2) is 5.49. The van der Waals surface area contributed by atoms with E-state index < -0.39 is 0 Å². The number of piperidine rings is 1. The normalized spacial score (nSPS) is 25.5. The van der Waals surface area contributed by atoms with Gasteiger partial charge in [0, 0.05) is 19.1 Å². The van der Waals surface area contributed by atoms with Crippen LogP contribution in [-0.2, 0) is 4.74 Å².